The molecule has 1 aromatic carbocycles. The van der Waals surface area contributed by atoms with Crippen molar-refractivity contribution in [3.05, 3.63) is 52.3 Å². The molecule has 0 radical (unpaired) electrons. The molecule has 0 unspecified atom stereocenters. The molecule has 0 aliphatic rings. The minimum Gasteiger partial charge on any atom is -0.497 e. The Labute approximate surface area is 167 Å². The Balaban J connectivity index is 1.71. The second-order valence-electron chi connectivity index (χ2n) is 6.22. The number of nitrogens with one attached hydrogen (secondary N) is 1. The maximum atomic E-state index is 12.5. The van der Waals surface area contributed by atoms with Crippen molar-refractivity contribution in [3.8, 4) is 22.8 Å². The predicted octanol–water partition coefficient (Wildman–Crippen LogP) is 3.02. The van der Waals surface area contributed by atoms with Gasteiger partial charge >= 0.3 is 0 Å². The van der Waals surface area contributed by atoms with Gasteiger partial charge < -0.3 is 19.9 Å². The zero-order valence-electron chi connectivity index (χ0n) is 16.0. The van der Waals surface area contributed by atoms with Crippen LogP contribution in [0.1, 0.15) is 28.6 Å². The zero-order valence-corrected chi connectivity index (χ0v) is 16.8. The van der Waals surface area contributed by atoms with E-state index >= 15 is 0 Å². The molecule has 0 saturated carbocycles. The van der Waals surface area contributed by atoms with Crippen molar-refractivity contribution in [2.45, 2.75) is 12.5 Å². The van der Waals surface area contributed by atoms with Crippen molar-refractivity contribution < 1.29 is 19.4 Å². The van der Waals surface area contributed by atoms with Crippen molar-refractivity contribution in [1.82, 2.24) is 15.1 Å². The van der Waals surface area contributed by atoms with Gasteiger partial charge in [-0.3, -0.25) is 9.48 Å². The highest BCUT2D eigenvalue weighted by Gasteiger charge is 2.17. The molecule has 8 heteroatoms. The van der Waals surface area contributed by atoms with E-state index in [1.165, 1.54) is 16.0 Å². The van der Waals surface area contributed by atoms with Crippen LogP contribution in [0.5, 0.6) is 11.5 Å². The molecule has 0 aliphatic carbocycles. The van der Waals surface area contributed by atoms with Crippen LogP contribution < -0.4 is 14.8 Å². The number of aliphatic hydroxyl groups is 1. The topological polar surface area (TPSA) is 85.6 Å². The van der Waals surface area contributed by atoms with Crippen molar-refractivity contribution in [2.24, 2.45) is 7.05 Å². The van der Waals surface area contributed by atoms with E-state index in [0.717, 1.165) is 11.1 Å². The molecule has 3 rings (SSSR count). The number of aromatic nitrogens is 2. The molecule has 7 nitrogen and oxygen atoms in total. The van der Waals surface area contributed by atoms with Crippen molar-refractivity contribution in [1.29, 1.82) is 0 Å². The van der Waals surface area contributed by atoms with Crippen LogP contribution in [0.4, 0.5) is 0 Å². The number of nitrogens with zero attached hydrogens (tertiary/aromatic N) is 2. The first-order valence-electron chi connectivity index (χ1n) is 8.78. The first-order chi connectivity index (χ1) is 13.5. The molecule has 0 saturated heterocycles. The lowest BCUT2D eigenvalue weighted by Crippen LogP contribution is -2.27. The maximum Gasteiger partial charge on any atom is 0.269 e. The fraction of sp³-hybridized carbons (Fsp3) is 0.300. The smallest absolute Gasteiger partial charge is 0.269 e. The summed E-state index contributed by atoms with van der Waals surface area (Å²) in [7, 11) is 4.89. The highest BCUT2D eigenvalue weighted by molar-refractivity contribution is 7.07. The van der Waals surface area contributed by atoms with E-state index in [4.69, 9.17) is 9.47 Å². The van der Waals surface area contributed by atoms with E-state index in [0.29, 0.717) is 35.9 Å². The monoisotopic (exact) mass is 401 g/mol. The van der Waals surface area contributed by atoms with Crippen LogP contribution in [0.2, 0.25) is 0 Å². The molecular formula is C20H23N3O4S. The molecule has 1 amide bonds. The number of aryl methyl sites for hydroxylation is 1. The summed E-state index contributed by atoms with van der Waals surface area (Å²) in [5.41, 5.74) is 2.64. The van der Waals surface area contributed by atoms with Gasteiger partial charge in [0.2, 0.25) is 0 Å². The first-order valence-corrected chi connectivity index (χ1v) is 9.72. The average molecular weight is 401 g/mol. The molecule has 0 spiro atoms. The van der Waals surface area contributed by atoms with Crippen LogP contribution in [0.25, 0.3) is 11.3 Å². The molecule has 148 valence electrons. The average Bonchev–Trinajstić information content (AvgIpc) is 3.37. The molecule has 2 N–H and O–H groups in total. The molecule has 2 aromatic heterocycles. The quantitative estimate of drug-likeness (QED) is 0.606. The first kappa shape index (κ1) is 19.9. The molecule has 2 heterocycles. The third kappa shape index (κ3) is 4.35. The summed E-state index contributed by atoms with van der Waals surface area (Å²) in [6, 6.07) is 9.01. The fourth-order valence-electron chi connectivity index (χ4n) is 2.87. The van der Waals surface area contributed by atoms with Crippen LogP contribution in [-0.4, -0.2) is 41.6 Å². The Morgan fingerprint density at radius 1 is 1.29 bits per heavy atom. The Morgan fingerprint density at radius 2 is 2.11 bits per heavy atom. The van der Waals surface area contributed by atoms with Crippen LogP contribution in [0.3, 0.4) is 0 Å². The van der Waals surface area contributed by atoms with E-state index < -0.39 is 6.10 Å². The molecule has 0 bridgehead atoms. The maximum absolute atomic E-state index is 12.5. The van der Waals surface area contributed by atoms with Crippen LogP contribution in [-0.2, 0) is 7.05 Å². The summed E-state index contributed by atoms with van der Waals surface area (Å²) < 4.78 is 12.2. The van der Waals surface area contributed by atoms with Crippen LogP contribution in [0, 0.1) is 0 Å². The Morgan fingerprint density at radius 3 is 2.79 bits per heavy atom. The molecule has 1 atom stereocenters. The number of benzene rings is 1. The van der Waals surface area contributed by atoms with E-state index in [1.54, 1.807) is 39.5 Å². The molecular weight excluding hydrogens is 378 g/mol. The van der Waals surface area contributed by atoms with E-state index in [2.05, 4.69) is 10.4 Å². The number of hydrogen-bond acceptors (Lipinski definition) is 6. The van der Waals surface area contributed by atoms with Crippen molar-refractivity contribution >= 4 is 17.2 Å². The summed E-state index contributed by atoms with van der Waals surface area (Å²) in [4.78, 5) is 12.5. The van der Waals surface area contributed by atoms with Gasteiger partial charge in [0.05, 0.1) is 26.0 Å². The number of amides is 1. The molecule has 3 aromatic rings. The molecule has 0 fully saturated rings. The van der Waals surface area contributed by atoms with Gasteiger partial charge in [-0.2, -0.15) is 16.4 Å². The molecule has 0 aliphatic heterocycles. The third-order valence-electron chi connectivity index (χ3n) is 4.43. The van der Waals surface area contributed by atoms with E-state index in [-0.39, 0.29) is 5.91 Å². The summed E-state index contributed by atoms with van der Waals surface area (Å²) in [5, 5.41) is 21.2. The normalized spacial score (nSPS) is 11.9. The van der Waals surface area contributed by atoms with Gasteiger partial charge in [0.15, 0.2) is 0 Å². The Hall–Kier alpha value is -2.84. The highest BCUT2D eigenvalue weighted by atomic mass is 32.1. The molecule has 28 heavy (non-hydrogen) atoms. The van der Waals surface area contributed by atoms with E-state index in [1.807, 2.05) is 22.9 Å². The van der Waals surface area contributed by atoms with E-state index in [9.17, 15) is 9.90 Å². The number of ether oxygens (including phenoxy) is 2. The minimum absolute atomic E-state index is 0.249. The lowest BCUT2D eigenvalue weighted by molar-refractivity contribution is 0.0933. The number of hydrogen-bond donors (Lipinski definition) is 2. The minimum atomic E-state index is -0.588. The van der Waals surface area contributed by atoms with Crippen LogP contribution in [0.15, 0.2) is 41.1 Å². The third-order valence-corrected chi connectivity index (χ3v) is 5.13. The van der Waals surface area contributed by atoms with Crippen LogP contribution >= 0.6 is 11.3 Å². The SMILES string of the molecule is COc1ccc(OC)c(-c2cc(C(=O)NCC[C@@H](O)c3ccsc3)n(C)n2)c1. The zero-order chi connectivity index (χ0) is 20.1. The van der Waals surface area contributed by atoms with Crippen molar-refractivity contribution in [2.75, 3.05) is 20.8 Å². The summed E-state index contributed by atoms with van der Waals surface area (Å²) in [5.74, 6) is 1.07. The van der Waals surface area contributed by atoms with Gasteiger partial charge in [-0.1, -0.05) is 0 Å². The number of thiophene rings is 1. The number of carbonyl (C=O) groups is 1. The fourth-order valence-corrected chi connectivity index (χ4v) is 3.58. The van der Waals surface area contributed by atoms with Crippen molar-refractivity contribution in [3.63, 3.8) is 0 Å². The largest absolute Gasteiger partial charge is 0.497 e. The number of carbonyl (C=O) groups excluding carboxylic acids is 1. The standard InChI is InChI=1S/C20H23N3O4S/c1-23-17(20(25)21-8-6-18(24)13-7-9-28-12-13)11-16(22-23)15-10-14(26-2)4-5-19(15)27-3/h4-5,7,9-12,18,24H,6,8H2,1-3H3,(H,21,25)/t18-/m1/s1. The Bertz CT molecular complexity index is 937. The number of aliphatic hydroxyl groups excluding tert-OH is 1. The van der Waals surface area contributed by atoms with Gasteiger partial charge in [0.1, 0.15) is 17.2 Å². The van der Waals surface area contributed by atoms with Gasteiger partial charge in [-0.15, -0.1) is 0 Å². The lowest BCUT2D eigenvalue weighted by atomic mass is 10.1. The van der Waals surface area contributed by atoms with Gasteiger partial charge in [-0.25, -0.2) is 0 Å². The van der Waals surface area contributed by atoms with Gasteiger partial charge in [-0.05, 0) is 53.1 Å². The summed E-state index contributed by atoms with van der Waals surface area (Å²) in [6.07, 6.45) is -0.147. The predicted molar refractivity (Wildman–Crippen MR) is 108 cm³/mol. The summed E-state index contributed by atoms with van der Waals surface area (Å²) in [6.45, 7) is 0.360. The summed E-state index contributed by atoms with van der Waals surface area (Å²) >= 11 is 1.53. The second kappa shape index (κ2) is 8.90. The van der Waals surface area contributed by atoms with Gasteiger partial charge in [0.25, 0.3) is 5.91 Å². The number of methoxy groups -OCH3 is 2. The number of rotatable bonds is 8. The Kier molecular flexibility index (Phi) is 6.33. The lowest BCUT2D eigenvalue weighted by Gasteiger charge is -2.09. The highest BCUT2D eigenvalue weighted by Crippen LogP contribution is 2.32. The van der Waals surface area contributed by atoms with Gasteiger partial charge in [0, 0.05) is 19.2 Å². The second-order valence-corrected chi connectivity index (χ2v) is 7.00.